The van der Waals surface area contributed by atoms with Crippen LogP contribution in [0.2, 0.25) is 0 Å². The van der Waals surface area contributed by atoms with Gasteiger partial charge >= 0.3 is 0 Å². The van der Waals surface area contributed by atoms with Gasteiger partial charge in [0, 0.05) is 67.7 Å². The molecule has 0 radical (unpaired) electrons. The van der Waals surface area contributed by atoms with Crippen molar-refractivity contribution in [3.05, 3.63) is 0 Å². The minimum Gasteiger partial charge on any atom is -0.383 e. The molecule has 3 aliphatic rings. The summed E-state index contributed by atoms with van der Waals surface area (Å²) in [4.78, 5) is 90.8. The highest BCUT2D eigenvalue weighted by Crippen LogP contribution is 2.22. The summed E-state index contributed by atoms with van der Waals surface area (Å²) < 4.78 is 20.8. The summed E-state index contributed by atoms with van der Waals surface area (Å²) in [6.07, 6.45) is 1.95. The molecule has 0 aromatic rings. The number of hydrogen-bond acceptors (Lipinski definition) is 10. The second kappa shape index (κ2) is 18.7. The van der Waals surface area contributed by atoms with Gasteiger partial charge < -0.3 is 48.3 Å². The number of rotatable bonds is 12. The highest BCUT2D eigenvalue weighted by molar-refractivity contribution is 5.95. The summed E-state index contributed by atoms with van der Waals surface area (Å²) in [6, 6.07) is -1.65. The Morgan fingerprint density at radius 2 is 0.783 bits per heavy atom. The Kier molecular flexibility index (Phi) is 15.1. The van der Waals surface area contributed by atoms with Gasteiger partial charge in [-0.1, -0.05) is 0 Å². The largest absolute Gasteiger partial charge is 0.383 e. The lowest BCUT2D eigenvalue weighted by molar-refractivity contribution is -0.153. The summed E-state index contributed by atoms with van der Waals surface area (Å²) in [7, 11) is 5.94. The van der Waals surface area contributed by atoms with Crippen LogP contribution >= 0.6 is 0 Å². The fraction of sp³-hybridized carbons (Fsp3) is 0.800. The Morgan fingerprint density at radius 3 is 1.11 bits per heavy atom. The molecule has 3 heterocycles. The first kappa shape index (κ1) is 37.1. The van der Waals surface area contributed by atoms with Crippen LogP contribution in [0.4, 0.5) is 0 Å². The molecule has 3 rings (SSSR count). The molecule has 2 atom stereocenters. The molecule has 3 saturated heterocycles. The molecule has 0 aliphatic carbocycles. The first-order valence-electron chi connectivity index (χ1n) is 15.8. The Morgan fingerprint density at radius 1 is 0.478 bits per heavy atom. The molecule has 0 aromatic heterocycles. The van der Waals surface area contributed by atoms with E-state index in [1.165, 1.54) is 57.8 Å². The molecule has 0 saturated carbocycles. The second-order valence-electron chi connectivity index (χ2n) is 11.6. The van der Waals surface area contributed by atoms with Gasteiger partial charge in [-0.15, -0.1) is 0 Å². The summed E-state index contributed by atoms with van der Waals surface area (Å²) in [5.41, 5.74) is 0. The Bertz CT molecular complexity index is 995. The molecule has 3 fully saturated rings. The van der Waals surface area contributed by atoms with Crippen molar-refractivity contribution < 1.29 is 47.7 Å². The average molecular weight is 655 g/mol. The van der Waals surface area contributed by atoms with Crippen LogP contribution in [0, 0.1) is 0 Å². The molecule has 3 aliphatic heterocycles. The predicted octanol–water partition coefficient (Wildman–Crippen LogP) is -2.12. The highest BCUT2D eigenvalue weighted by Gasteiger charge is 2.41. The van der Waals surface area contributed by atoms with Gasteiger partial charge in [-0.05, 0) is 25.7 Å². The van der Waals surface area contributed by atoms with Crippen molar-refractivity contribution in [2.24, 2.45) is 0 Å². The van der Waals surface area contributed by atoms with Crippen molar-refractivity contribution in [2.45, 2.75) is 37.8 Å². The lowest BCUT2D eigenvalue weighted by Crippen LogP contribution is -2.57. The predicted molar refractivity (Wildman–Crippen MR) is 163 cm³/mol. The zero-order valence-corrected chi connectivity index (χ0v) is 27.6. The smallest absolute Gasteiger partial charge is 0.245 e. The molecule has 16 nitrogen and oxygen atoms in total. The molecule has 0 aromatic carbocycles. The monoisotopic (exact) mass is 654 g/mol. The summed E-state index contributed by atoms with van der Waals surface area (Å²) in [5, 5.41) is 0. The van der Waals surface area contributed by atoms with Crippen LogP contribution in [0.5, 0.6) is 0 Å². The summed E-state index contributed by atoms with van der Waals surface area (Å²) >= 11 is 0. The first-order valence-corrected chi connectivity index (χ1v) is 15.8. The SMILES string of the molecule is COCCN1CC(=O)N2CCCC2C(=O)N(CCOC)CC(=O)N(CCOC)CC(=O)N2CCCC2C(=O)N(CCOC)CC1=O. The van der Waals surface area contributed by atoms with Crippen LogP contribution in [0.25, 0.3) is 0 Å². The highest BCUT2D eigenvalue weighted by atomic mass is 16.5. The maximum absolute atomic E-state index is 13.9. The van der Waals surface area contributed by atoms with E-state index in [0.717, 1.165) is 0 Å². The number of ether oxygens (including phenoxy) is 4. The normalized spacial score (nSPS) is 23.0. The number of nitrogens with zero attached hydrogens (tertiary/aromatic N) is 6. The Labute approximate surface area is 270 Å². The molecule has 0 spiro atoms. The first-order chi connectivity index (χ1) is 22.2. The lowest BCUT2D eigenvalue weighted by atomic mass is 10.1. The van der Waals surface area contributed by atoms with Crippen molar-refractivity contribution in [3.63, 3.8) is 0 Å². The van der Waals surface area contributed by atoms with Crippen LogP contribution < -0.4 is 0 Å². The number of hydrogen-bond donors (Lipinski definition) is 0. The number of fused-ring (bicyclic) bond motifs is 2. The fourth-order valence-electron chi connectivity index (χ4n) is 6.02. The van der Waals surface area contributed by atoms with E-state index in [2.05, 4.69) is 0 Å². The molecule has 16 heteroatoms. The van der Waals surface area contributed by atoms with Gasteiger partial charge in [0.25, 0.3) is 0 Å². The molecular formula is C30H50N6O10. The van der Waals surface area contributed by atoms with Gasteiger partial charge in [-0.2, -0.15) is 0 Å². The summed E-state index contributed by atoms with van der Waals surface area (Å²) in [5.74, 6) is -2.56. The zero-order valence-electron chi connectivity index (χ0n) is 27.6. The molecule has 260 valence electrons. The van der Waals surface area contributed by atoms with Crippen LogP contribution in [-0.2, 0) is 47.7 Å². The van der Waals surface area contributed by atoms with Gasteiger partial charge in [0.1, 0.15) is 12.1 Å². The van der Waals surface area contributed by atoms with Gasteiger partial charge in [0.05, 0.1) is 52.6 Å². The fourth-order valence-corrected chi connectivity index (χ4v) is 6.02. The Balaban J connectivity index is 2.02. The zero-order chi connectivity index (χ0) is 33.6. The van der Waals surface area contributed by atoms with Gasteiger partial charge in [0.2, 0.25) is 35.4 Å². The van der Waals surface area contributed by atoms with E-state index in [1.54, 1.807) is 0 Å². The average Bonchev–Trinajstić information content (AvgIpc) is 3.74. The number of methoxy groups -OCH3 is 4. The van der Waals surface area contributed by atoms with E-state index in [9.17, 15) is 28.8 Å². The maximum atomic E-state index is 13.9. The third-order valence-electron chi connectivity index (χ3n) is 8.61. The van der Waals surface area contributed by atoms with E-state index in [1.807, 2.05) is 0 Å². The van der Waals surface area contributed by atoms with E-state index in [4.69, 9.17) is 18.9 Å². The van der Waals surface area contributed by atoms with Crippen LogP contribution in [0.1, 0.15) is 25.7 Å². The minimum atomic E-state index is -0.824. The Hall–Kier alpha value is -3.34. The third-order valence-corrected chi connectivity index (χ3v) is 8.61. The third kappa shape index (κ3) is 9.83. The van der Waals surface area contributed by atoms with Crippen molar-refractivity contribution >= 4 is 35.4 Å². The van der Waals surface area contributed by atoms with Crippen molar-refractivity contribution in [2.75, 3.05) is 120 Å². The lowest BCUT2D eigenvalue weighted by Gasteiger charge is -2.35. The number of amides is 6. The van der Waals surface area contributed by atoms with E-state index >= 15 is 0 Å². The number of carbonyl (C=O) groups is 6. The van der Waals surface area contributed by atoms with Gasteiger partial charge in [-0.25, -0.2) is 0 Å². The van der Waals surface area contributed by atoms with E-state index in [0.29, 0.717) is 38.8 Å². The van der Waals surface area contributed by atoms with Crippen molar-refractivity contribution in [3.8, 4) is 0 Å². The van der Waals surface area contributed by atoms with Gasteiger partial charge in [0.15, 0.2) is 0 Å². The van der Waals surface area contributed by atoms with Crippen molar-refractivity contribution in [1.29, 1.82) is 0 Å². The van der Waals surface area contributed by atoms with Crippen LogP contribution in [-0.4, -0.2) is 197 Å². The van der Waals surface area contributed by atoms with E-state index in [-0.39, 0.29) is 78.8 Å². The molecule has 0 N–H and O–H groups in total. The second-order valence-corrected chi connectivity index (χ2v) is 11.6. The quantitative estimate of drug-likeness (QED) is 0.228. The standard InChI is InChI=1S/C30H50N6O10/c1-43-15-11-31-21-27(39)35-9-5-7-23(35)30(42)34(14-18-46-4)20-26(38)32(12-16-44-2)22-28(40)36-10-6-8-24(36)29(41)33(13-17-45-3)19-25(31)37/h23-24H,5-22H2,1-4H3. The molecule has 46 heavy (non-hydrogen) atoms. The van der Waals surface area contributed by atoms with Crippen molar-refractivity contribution in [1.82, 2.24) is 29.4 Å². The molecule has 2 unspecified atom stereocenters. The van der Waals surface area contributed by atoms with Crippen LogP contribution in [0.3, 0.4) is 0 Å². The van der Waals surface area contributed by atoms with Gasteiger partial charge in [-0.3, -0.25) is 28.8 Å². The maximum Gasteiger partial charge on any atom is 0.245 e. The minimum absolute atomic E-state index is 0.0969. The molecule has 6 amide bonds. The topological polar surface area (TPSA) is 159 Å². The summed E-state index contributed by atoms with van der Waals surface area (Å²) in [6.45, 7) is 0.383. The van der Waals surface area contributed by atoms with E-state index < -0.39 is 47.5 Å². The molecular weight excluding hydrogens is 604 g/mol. The number of carbonyl (C=O) groups excluding carboxylic acids is 6. The van der Waals surface area contributed by atoms with Crippen LogP contribution in [0.15, 0.2) is 0 Å². The molecule has 0 bridgehead atoms.